The van der Waals surface area contributed by atoms with Gasteiger partial charge < -0.3 is 19.5 Å². The largest absolute Gasteiger partial charge is 0.496 e. The number of hydrazone groups is 1. The van der Waals surface area contributed by atoms with Gasteiger partial charge >= 0.3 is 0 Å². The lowest BCUT2D eigenvalue weighted by molar-refractivity contribution is -0.120. The van der Waals surface area contributed by atoms with E-state index in [0.717, 1.165) is 5.56 Å². The molecule has 0 aromatic heterocycles. The SMILES string of the molecule is COc1ccccc1CNC(=O)C/C(C)=N\NC(=O)c1ccc(OC)c(OC)c1. The Bertz CT molecular complexity index is 896. The quantitative estimate of drug-likeness (QED) is 0.499. The summed E-state index contributed by atoms with van der Waals surface area (Å²) in [7, 11) is 4.59. The maximum atomic E-state index is 12.3. The number of para-hydroxylation sites is 1. The van der Waals surface area contributed by atoms with Gasteiger partial charge in [-0.15, -0.1) is 0 Å². The third kappa shape index (κ3) is 6.24. The van der Waals surface area contributed by atoms with Gasteiger partial charge in [0, 0.05) is 23.4 Å². The number of carbonyl (C=O) groups is 2. The van der Waals surface area contributed by atoms with Crippen LogP contribution >= 0.6 is 0 Å². The number of methoxy groups -OCH3 is 3. The summed E-state index contributed by atoms with van der Waals surface area (Å²) in [4.78, 5) is 24.4. The van der Waals surface area contributed by atoms with Gasteiger partial charge in [-0.25, -0.2) is 5.43 Å². The van der Waals surface area contributed by atoms with Crippen molar-refractivity contribution >= 4 is 17.5 Å². The van der Waals surface area contributed by atoms with Crippen LogP contribution in [0, 0.1) is 0 Å². The zero-order chi connectivity index (χ0) is 21.2. The summed E-state index contributed by atoms with van der Waals surface area (Å²) in [6.45, 7) is 2.01. The van der Waals surface area contributed by atoms with Gasteiger partial charge in [-0.2, -0.15) is 5.10 Å². The lowest BCUT2D eigenvalue weighted by Gasteiger charge is -2.10. The molecule has 0 spiro atoms. The lowest BCUT2D eigenvalue weighted by Crippen LogP contribution is -2.26. The summed E-state index contributed by atoms with van der Waals surface area (Å²) in [5, 5.41) is 6.80. The Morgan fingerprint density at radius 3 is 2.31 bits per heavy atom. The Morgan fingerprint density at radius 1 is 0.931 bits per heavy atom. The van der Waals surface area contributed by atoms with Crippen LogP contribution in [0.15, 0.2) is 47.6 Å². The van der Waals surface area contributed by atoms with E-state index < -0.39 is 5.91 Å². The van der Waals surface area contributed by atoms with Gasteiger partial charge in [-0.05, 0) is 31.2 Å². The van der Waals surface area contributed by atoms with Crippen molar-refractivity contribution in [3.8, 4) is 17.2 Å². The predicted octanol–water partition coefficient (Wildman–Crippen LogP) is 2.52. The highest BCUT2D eigenvalue weighted by Gasteiger charge is 2.11. The summed E-state index contributed by atoms with van der Waals surface area (Å²) in [5.41, 5.74) is 4.14. The van der Waals surface area contributed by atoms with Crippen LogP contribution in [0.25, 0.3) is 0 Å². The molecule has 0 aliphatic rings. The third-order valence-corrected chi connectivity index (χ3v) is 4.08. The van der Waals surface area contributed by atoms with Crippen molar-refractivity contribution in [2.45, 2.75) is 19.9 Å². The van der Waals surface area contributed by atoms with Crippen molar-refractivity contribution in [3.63, 3.8) is 0 Å². The number of rotatable bonds is 9. The molecule has 0 unspecified atom stereocenters. The van der Waals surface area contributed by atoms with Crippen molar-refractivity contribution in [1.82, 2.24) is 10.7 Å². The Hall–Kier alpha value is -3.55. The molecule has 8 nitrogen and oxygen atoms in total. The molecule has 0 fully saturated rings. The molecule has 0 radical (unpaired) electrons. The minimum atomic E-state index is -0.417. The number of amides is 2. The molecule has 0 aliphatic heterocycles. The molecule has 2 aromatic carbocycles. The van der Waals surface area contributed by atoms with Crippen molar-refractivity contribution in [2.24, 2.45) is 5.10 Å². The van der Waals surface area contributed by atoms with E-state index in [-0.39, 0.29) is 12.3 Å². The molecule has 0 aliphatic carbocycles. The van der Waals surface area contributed by atoms with Crippen molar-refractivity contribution in [3.05, 3.63) is 53.6 Å². The molecule has 0 heterocycles. The van der Waals surface area contributed by atoms with Gasteiger partial charge in [0.2, 0.25) is 5.91 Å². The first-order valence-electron chi connectivity index (χ1n) is 8.92. The van der Waals surface area contributed by atoms with Crippen molar-refractivity contribution < 1.29 is 23.8 Å². The van der Waals surface area contributed by atoms with Crippen LogP contribution in [0.1, 0.15) is 29.3 Å². The standard InChI is InChI=1S/C21H25N3O5/c1-14(11-20(25)22-13-16-7-5-6-8-17(16)27-2)23-24-21(26)15-9-10-18(28-3)19(12-15)29-4/h5-10,12H,11,13H2,1-4H3,(H,22,25)(H,24,26)/b23-14-. The summed E-state index contributed by atoms with van der Waals surface area (Å²) in [6, 6.07) is 12.2. The molecular weight excluding hydrogens is 374 g/mol. The van der Waals surface area contributed by atoms with Crippen LogP contribution in [0.5, 0.6) is 17.2 Å². The molecule has 154 valence electrons. The van der Waals surface area contributed by atoms with Crippen LogP contribution in [0.4, 0.5) is 0 Å². The Balaban J connectivity index is 1.89. The molecule has 2 N–H and O–H groups in total. The van der Waals surface area contributed by atoms with E-state index in [1.54, 1.807) is 32.2 Å². The molecule has 0 saturated heterocycles. The van der Waals surface area contributed by atoms with Crippen LogP contribution in [0.3, 0.4) is 0 Å². The van der Waals surface area contributed by atoms with Gasteiger partial charge in [-0.3, -0.25) is 9.59 Å². The Kier molecular flexibility index (Phi) is 8.02. The molecule has 2 aromatic rings. The first-order valence-corrected chi connectivity index (χ1v) is 8.92. The van der Waals surface area contributed by atoms with Crippen LogP contribution < -0.4 is 25.0 Å². The number of nitrogens with one attached hydrogen (secondary N) is 2. The van der Waals surface area contributed by atoms with Crippen LogP contribution in [0.2, 0.25) is 0 Å². The average molecular weight is 399 g/mol. The van der Waals surface area contributed by atoms with E-state index in [4.69, 9.17) is 14.2 Å². The maximum absolute atomic E-state index is 12.3. The zero-order valence-electron chi connectivity index (χ0n) is 16.9. The average Bonchev–Trinajstić information content (AvgIpc) is 2.75. The van der Waals surface area contributed by atoms with Crippen molar-refractivity contribution in [1.29, 1.82) is 0 Å². The highest BCUT2D eigenvalue weighted by Crippen LogP contribution is 2.27. The van der Waals surface area contributed by atoms with Gasteiger partial charge in [0.1, 0.15) is 5.75 Å². The maximum Gasteiger partial charge on any atom is 0.271 e. The zero-order valence-corrected chi connectivity index (χ0v) is 16.9. The summed E-state index contributed by atoms with van der Waals surface area (Å²) >= 11 is 0. The van der Waals surface area contributed by atoms with Gasteiger partial charge in [-0.1, -0.05) is 18.2 Å². The van der Waals surface area contributed by atoms with Gasteiger partial charge in [0.15, 0.2) is 11.5 Å². The highest BCUT2D eigenvalue weighted by atomic mass is 16.5. The molecule has 0 saturated carbocycles. The second-order valence-corrected chi connectivity index (χ2v) is 6.12. The number of carbonyl (C=O) groups excluding carboxylic acids is 2. The van der Waals surface area contributed by atoms with Gasteiger partial charge in [0.25, 0.3) is 5.91 Å². The van der Waals surface area contributed by atoms with Gasteiger partial charge in [0.05, 0.1) is 27.8 Å². The Morgan fingerprint density at radius 2 is 1.62 bits per heavy atom. The normalized spacial score (nSPS) is 10.8. The van der Waals surface area contributed by atoms with E-state index in [0.29, 0.717) is 35.1 Å². The second kappa shape index (κ2) is 10.7. The number of nitrogens with zero attached hydrogens (tertiary/aromatic N) is 1. The van der Waals surface area contributed by atoms with E-state index in [9.17, 15) is 9.59 Å². The summed E-state index contributed by atoms with van der Waals surface area (Å²) in [6.07, 6.45) is 0.0569. The second-order valence-electron chi connectivity index (χ2n) is 6.12. The lowest BCUT2D eigenvalue weighted by atomic mass is 10.2. The minimum absolute atomic E-state index is 0.0569. The van der Waals surface area contributed by atoms with E-state index in [1.165, 1.54) is 14.2 Å². The molecule has 0 atom stereocenters. The number of hydrogen-bond acceptors (Lipinski definition) is 6. The van der Waals surface area contributed by atoms with E-state index in [2.05, 4.69) is 15.8 Å². The van der Waals surface area contributed by atoms with Crippen molar-refractivity contribution in [2.75, 3.05) is 21.3 Å². The number of hydrogen-bond donors (Lipinski definition) is 2. The molecule has 0 bridgehead atoms. The smallest absolute Gasteiger partial charge is 0.271 e. The molecule has 29 heavy (non-hydrogen) atoms. The number of ether oxygens (including phenoxy) is 3. The molecule has 2 amide bonds. The van der Waals surface area contributed by atoms with Crippen LogP contribution in [-0.4, -0.2) is 38.9 Å². The number of benzene rings is 2. The summed E-state index contributed by atoms with van der Waals surface area (Å²) in [5.74, 6) is 1.05. The minimum Gasteiger partial charge on any atom is -0.496 e. The van der Waals surface area contributed by atoms with E-state index in [1.807, 2.05) is 24.3 Å². The third-order valence-electron chi connectivity index (χ3n) is 4.08. The van der Waals surface area contributed by atoms with Crippen LogP contribution in [-0.2, 0) is 11.3 Å². The Labute approximate surface area is 169 Å². The fraction of sp³-hybridized carbons (Fsp3) is 0.286. The first kappa shape index (κ1) is 21.7. The van der Waals surface area contributed by atoms with E-state index >= 15 is 0 Å². The molecular formula is C21H25N3O5. The monoisotopic (exact) mass is 399 g/mol. The molecule has 8 heteroatoms. The fourth-order valence-corrected chi connectivity index (χ4v) is 2.57. The highest BCUT2D eigenvalue weighted by molar-refractivity contribution is 6.01. The fourth-order valence-electron chi connectivity index (χ4n) is 2.57. The topological polar surface area (TPSA) is 98.2 Å². The molecule has 2 rings (SSSR count). The summed E-state index contributed by atoms with van der Waals surface area (Å²) < 4.78 is 15.6. The first-order chi connectivity index (χ1) is 14.0. The predicted molar refractivity (Wildman–Crippen MR) is 110 cm³/mol.